The van der Waals surface area contributed by atoms with E-state index >= 15 is 0 Å². The van der Waals surface area contributed by atoms with E-state index in [1.165, 1.54) is 68.2 Å². The number of ketones is 1. The van der Waals surface area contributed by atoms with Crippen molar-refractivity contribution in [3.8, 4) is 34.3 Å². The van der Waals surface area contributed by atoms with Gasteiger partial charge < -0.3 is 59.7 Å². The molecule has 0 atom stereocenters. The standard InChI is InChI=1S/C25H36N6O5S.C17H19ClN4O4S.C8H18N2O.C8H13NO3.C6H14O.C2HF3O2/c1-5-9-20-22-23(30(4)28-20)25(33)27-24(26-22)19-14-18(10-11-21(19)36-6-2)37(34,35)31-15-17(16-31)29(3)12-7-8-13-32;1-4-6-12-14-15(22(3)21-12)17(23)20-16(19-14)11-9-10(27(18,24)25)7-8-13(11)26-5-2;1-10(4-2-3-5-11)8-6-9-7-8;1-8(2,3)12-7(11)9-4-6(10)5-9;1-2-3-4-5-6-7;3-2(4,5)1(6)7/h10-11,14,17,32H,5-9,12-13,15-16H2,1-4H3,(H,26,27,33);7-9H,4-6H2,1-3H3,(H,19,20,23);8-9,11H,2-7H2,1H3;4-5H2,1-3H3;7H,2-6H2,1H3;(H,6,7). The molecule has 0 bridgehead atoms. The molecular formula is C66H101ClF3N13O16S2. The highest BCUT2D eigenvalue weighted by Crippen LogP contribution is 2.35. The third kappa shape index (κ3) is 25.9. The lowest BCUT2D eigenvalue weighted by Gasteiger charge is -2.43. The SMILES string of the molecule is CC(C)(C)OC(=O)N1CC(=O)C1.CCCCCCO.CCCc1nn(C)c2c(=O)[nH]c(-c3cc(S(=O)(=O)Cl)ccc3OCC)nc12.CCCc1nn(C)c2c(=O)[nH]c(-c3cc(S(=O)(=O)N4CC(N(C)CCCCO)C4)ccc3OCC)nc12.CN(CCCCO)C1CNC1.O=C(O)C(F)(F)F. The number of aliphatic hydroxyl groups is 3. The van der Waals surface area contributed by atoms with E-state index in [2.05, 4.69) is 54.2 Å². The first-order valence-electron chi connectivity index (χ1n) is 33.7. The number of carboxylic acids is 1. The number of nitrogens with one attached hydrogen (secondary N) is 3. The summed E-state index contributed by atoms with van der Waals surface area (Å²) in [7, 11) is 5.30. The summed E-state index contributed by atoms with van der Waals surface area (Å²) in [5, 5.41) is 45.0. The number of hydrogen-bond acceptors (Lipinski definition) is 22. The number of likely N-dealkylation sites (tertiary alicyclic amines) is 1. The van der Waals surface area contributed by atoms with Gasteiger partial charge in [0, 0.05) is 82.9 Å². The second-order valence-electron chi connectivity index (χ2n) is 25.1. The van der Waals surface area contributed by atoms with Gasteiger partial charge in [-0.25, -0.2) is 36.4 Å². The summed E-state index contributed by atoms with van der Waals surface area (Å²) < 4.78 is 103. The summed E-state index contributed by atoms with van der Waals surface area (Å²) in [6, 6.07) is 9.74. The van der Waals surface area contributed by atoms with Crippen LogP contribution in [0.4, 0.5) is 18.0 Å². The Morgan fingerprint density at radius 1 is 0.653 bits per heavy atom. The fourth-order valence-electron chi connectivity index (χ4n) is 10.1. The largest absolute Gasteiger partial charge is 0.493 e. The van der Waals surface area contributed by atoms with Crippen LogP contribution < -0.4 is 25.9 Å². The number of aromatic amines is 2. The van der Waals surface area contributed by atoms with Crippen molar-refractivity contribution in [2.24, 2.45) is 14.1 Å². The number of aromatic nitrogens is 8. The number of aliphatic hydroxyl groups excluding tert-OH is 3. The number of Topliss-reactive ketones (excluding diaryl/α,β-unsaturated/α-hetero) is 1. The smallest absolute Gasteiger partial charge is 0.490 e. The number of sulfonamides is 1. The number of H-pyrrole nitrogens is 2. The number of nitrogens with zero attached hydrogens (tertiary/aromatic N) is 10. The van der Waals surface area contributed by atoms with E-state index in [9.17, 15) is 49.2 Å². The number of carboxylic acid groups (broad SMARTS) is 1. The molecular weight excluding hydrogens is 1390 g/mol. The fraction of sp³-hybridized carbons (Fsp3) is 0.621. The molecule has 0 radical (unpaired) electrons. The van der Waals surface area contributed by atoms with Crippen LogP contribution in [0.2, 0.25) is 0 Å². The van der Waals surface area contributed by atoms with Crippen LogP contribution in [0.3, 0.4) is 0 Å². The molecule has 3 aliphatic rings. The van der Waals surface area contributed by atoms with Crippen molar-refractivity contribution in [1.29, 1.82) is 0 Å². The third-order valence-corrected chi connectivity index (χ3v) is 18.9. The number of halogens is 4. The fourth-order valence-corrected chi connectivity index (χ4v) is 12.5. The molecule has 566 valence electrons. The van der Waals surface area contributed by atoms with Gasteiger partial charge in [-0.15, -0.1) is 0 Å². The maximum absolute atomic E-state index is 13.4. The Hall–Kier alpha value is -7.15. The Morgan fingerprint density at radius 3 is 1.45 bits per heavy atom. The van der Waals surface area contributed by atoms with Crippen molar-refractivity contribution in [2.45, 2.75) is 166 Å². The summed E-state index contributed by atoms with van der Waals surface area (Å²) >= 11 is 0. The van der Waals surface area contributed by atoms with Crippen LogP contribution in [-0.4, -0.2) is 237 Å². The monoisotopic (exact) mass is 1490 g/mol. The lowest BCUT2D eigenvalue weighted by molar-refractivity contribution is -0.192. The second-order valence-corrected chi connectivity index (χ2v) is 29.6. The zero-order valence-corrected chi connectivity index (χ0v) is 62.2. The van der Waals surface area contributed by atoms with Gasteiger partial charge in [-0.2, -0.15) is 27.7 Å². The summed E-state index contributed by atoms with van der Waals surface area (Å²) in [4.78, 5) is 76.8. The molecule has 7 heterocycles. The summed E-state index contributed by atoms with van der Waals surface area (Å²) in [5.41, 5.74) is 2.73. The first-order valence-corrected chi connectivity index (χ1v) is 37.4. The molecule has 0 unspecified atom stereocenters. The molecule has 0 saturated carbocycles. The number of ether oxygens (including phenoxy) is 3. The number of likely N-dealkylation sites (N-methyl/N-ethyl adjacent to an activating group) is 2. The van der Waals surface area contributed by atoms with Gasteiger partial charge in [0.1, 0.15) is 39.8 Å². The first-order chi connectivity index (χ1) is 47.5. The van der Waals surface area contributed by atoms with Crippen molar-refractivity contribution in [3.63, 3.8) is 0 Å². The minimum atomic E-state index is -5.08. The lowest BCUT2D eigenvalue weighted by atomic mass is 10.1. The van der Waals surface area contributed by atoms with Crippen molar-refractivity contribution < 1.29 is 79.0 Å². The number of fused-ring (bicyclic) bond motifs is 2. The van der Waals surface area contributed by atoms with Gasteiger partial charge in [0.05, 0.1) is 58.6 Å². The summed E-state index contributed by atoms with van der Waals surface area (Å²) in [5.74, 6) is -1.40. The van der Waals surface area contributed by atoms with E-state index in [0.717, 1.165) is 82.9 Å². The topological polar surface area (TPSA) is 380 Å². The minimum absolute atomic E-state index is 0.0841. The van der Waals surface area contributed by atoms with Gasteiger partial charge >= 0.3 is 18.2 Å². The maximum atomic E-state index is 13.4. The molecule has 9 rings (SSSR count). The molecule has 0 aliphatic carbocycles. The van der Waals surface area contributed by atoms with E-state index in [0.29, 0.717) is 103 Å². The number of carbonyl (C=O) groups is 3. The first kappa shape index (κ1) is 86.3. The molecule has 101 heavy (non-hydrogen) atoms. The third-order valence-electron chi connectivity index (χ3n) is 15.7. The van der Waals surface area contributed by atoms with E-state index in [1.54, 1.807) is 47.9 Å². The number of hydrogen-bond donors (Lipinski definition) is 7. The number of benzene rings is 2. The normalized spacial score (nSPS) is 14.2. The van der Waals surface area contributed by atoms with Crippen LogP contribution in [0.15, 0.2) is 55.8 Å². The average Bonchev–Trinajstić information content (AvgIpc) is 1.76. The lowest BCUT2D eigenvalue weighted by Crippen LogP contribution is -2.60. The molecule has 6 aromatic rings. The van der Waals surface area contributed by atoms with Gasteiger partial charge in [0.15, 0.2) is 16.8 Å². The molecule has 7 N–H and O–H groups in total. The Bertz CT molecular complexity index is 3990. The number of amides is 1. The second kappa shape index (κ2) is 40.6. The highest BCUT2D eigenvalue weighted by molar-refractivity contribution is 8.13. The Morgan fingerprint density at radius 2 is 1.08 bits per heavy atom. The van der Waals surface area contributed by atoms with Crippen LogP contribution in [-0.2, 0) is 60.3 Å². The molecule has 2 aromatic carbocycles. The van der Waals surface area contributed by atoms with Crippen molar-refractivity contribution >= 4 is 69.7 Å². The molecule has 29 nitrogen and oxygen atoms in total. The number of alkyl halides is 3. The van der Waals surface area contributed by atoms with Crippen molar-refractivity contribution in [2.75, 3.05) is 99.5 Å². The molecule has 3 aliphatic heterocycles. The average molecular weight is 1490 g/mol. The van der Waals surface area contributed by atoms with Crippen molar-refractivity contribution in [1.82, 2.24) is 63.8 Å². The Kier molecular flexibility index (Phi) is 34.7. The van der Waals surface area contributed by atoms with Gasteiger partial charge in [0.25, 0.3) is 20.2 Å². The van der Waals surface area contributed by atoms with Gasteiger partial charge in [-0.1, -0.05) is 52.9 Å². The Labute approximate surface area is 592 Å². The van der Waals surface area contributed by atoms with Crippen molar-refractivity contribution in [3.05, 3.63) is 68.5 Å². The molecule has 3 saturated heterocycles. The molecule has 35 heteroatoms. The zero-order chi connectivity index (χ0) is 75.6. The van der Waals surface area contributed by atoms with Crippen LogP contribution in [0.25, 0.3) is 44.8 Å². The van der Waals surface area contributed by atoms with Gasteiger partial charge in [-0.3, -0.25) is 28.6 Å². The highest BCUT2D eigenvalue weighted by atomic mass is 35.7. The van der Waals surface area contributed by atoms with Gasteiger partial charge in [-0.05, 0) is 143 Å². The molecule has 0 spiro atoms. The van der Waals surface area contributed by atoms with E-state index in [4.69, 9.17) is 55.1 Å². The quantitative estimate of drug-likeness (QED) is 0.0201. The molecule has 1 amide bonds. The Balaban J connectivity index is 0.000000292. The van der Waals surface area contributed by atoms with Crippen LogP contribution in [0.5, 0.6) is 11.5 Å². The zero-order valence-electron chi connectivity index (χ0n) is 59.8. The number of unbranched alkanes of at least 4 members (excludes halogenated alkanes) is 5. The predicted molar refractivity (Wildman–Crippen MR) is 377 cm³/mol. The molecule has 4 aromatic heterocycles. The van der Waals surface area contributed by atoms with E-state index in [1.807, 2.05) is 27.8 Å². The van der Waals surface area contributed by atoms with E-state index in [-0.39, 0.29) is 64.1 Å². The molecule has 3 fully saturated rings. The summed E-state index contributed by atoms with van der Waals surface area (Å²) in [6.45, 7) is 22.2. The van der Waals surface area contributed by atoms with Crippen LogP contribution in [0, 0.1) is 0 Å². The number of aliphatic carboxylic acids is 1. The van der Waals surface area contributed by atoms with Crippen LogP contribution in [0.1, 0.15) is 131 Å². The number of rotatable bonds is 27. The highest BCUT2D eigenvalue weighted by Gasteiger charge is 2.40. The summed E-state index contributed by atoms with van der Waals surface area (Å²) in [6.07, 6.45) is 5.88. The minimum Gasteiger partial charge on any atom is -0.493 e. The van der Waals surface area contributed by atoms with Crippen LogP contribution >= 0.6 is 10.7 Å². The maximum Gasteiger partial charge on any atom is 0.490 e. The predicted octanol–water partition coefficient (Wildman–Crippen LogP) is 7.02. The number of aryl methyl sites for hydroxylation is 4. The number of carbonyl (C=O) groups excluding carboxylic acids is 2. The van der Waals surface area contributed by atoms with E-state index < -0.39 is 42.9 Å². The van der Waals surface area contributed by atoms with Gasteiger partial charge in [0.2, 0.25) is 10.0 Å².